The van der Waals surface area contributed by atoms with Crippen LogP contribution in [0.2, 0.25) is 5.02 Å². The quantitative estimate of drug-likeness (QED) is 0.481. The fourth-order valence-electron chi connectivity index (χ4n) is 4.01. The maximum absolute atomic E-state index is 13.0. The first-order valence-electron chi connectivity index (χ1n) is 10.9. The lowest BCUT2D eigenvalue weighted by Crippen LogP contribution is -2.41. The monoisotopic (exact) mass is 483 g/mol. The third-order valence-corrected chi connectivity index (χ3v) is 6.78. The Morgan fingerprint density at radius 3 is 2.27 bits per heavy atom. The van der Waals surface area contributed by atoms with Crippen molar-refractivity contribution in [1.29, 1.82) is 0 Å². The molecule has 0 aromatic heterocycles. The lowest BCUT2D eigenvalue weighted by molar-refractivity contribution is 0.0595. The molecule has 1 fully saturated rings. The minimum Gasteiger partial charge on any atom is -0.490 e. The third-order valence-electron chi connectivity index (χ3n) is 5.67. The summed E-state index contributed by atoms with van der Waals surface area (Å²) in [5.74, 6) is 0.812. The Labute approximate surface area is 199 Å². The summed E-state index contributed by atoms with van der Waals surface area (Å²) in [6, 6.07) is 22.3. The molecule has 1 aliphatic heterocycles. The number of nitrogens with zero attached hydrogens (tertiary/aromatic N) is 1. The molecule has 1 aliphatic rings. The van der Waals surface area contributed by atoms with E-state index in [4.69, 9.17) is 16.3 Å². The van der Waals surface area contributed by atoms with Crippen LogP contribution in [0, 0.1) is 0 Å². The van der Waals surface area contributed by atoms with Gasteiger partial charge in [0.1, 0.15) is 11.9 Å². The number of rotatable bonds is 6. The summed E-state index contributed by atoms with van der Waals surface area (Å²) in [4.78, 5) is 14.8. The van der Waals surface area contributed by atoms with Crippen LogP contribution in [0.1, 0.15) is 28.8 Å². The molecule has 1 amide bonds. The Morgan fingerprint density at radius 2 is 1.64 bits per heavy atom. The van der Waals surface area contributed by atoms with Gasteiger partial charge in [-0.15, -0.1) is 0 Å². The fourth-order valence-corrected chi connectivity index (χ4v) is 4.92. The number of carbonyl (C=O) groups is 1. The number of hydrogen-bond donors (Lipinski definition) is 0. The zero-order valence-corrected chi connectivity index (χ0v) is 20.0. The maximum Gasteiger partial charge on any atom is 0.253 e. The van der Waals surface area contributed by atoms with Crippen LogP contribution in [0.5, 0.6) is 5.75 Å². The molecule has 0 saturated carbocycles. The number of amides is 1. The van der Waals surface area contributed by atoms with Crippen molar-refractivity contribution in [3.8, 4) is 16.9 Å². The molecule has 4 rings (SSSR count). The van der Waals surface area contributed by atoms with Crippen molar-refractivity contribution in [3.05, 3.63) is 88.9 Å². The molecule has 0 N–H and O–H groups in total. The Morgan fingerprint density at radius 1 is 0.970 bits per heavy atom. The van der Waals surface area contributed by atoms with Gasteiger partial charge >= 0.3 is 0 Å². The van der Waals surface area contributed by atoms with E-state index >= 15 is 0 Å². The van der Waals surface area contributed by atoms with Gasteiger partial charge in [-0.3, -0.25) is 4.79 Å². The molecule has 7 heteroatoms. The Bertz CT molecular complexity index is 1220. The van der Waals surface area contributed by atoms with Gasteiger partial charge < -0.3 is 9.64 Å². The topological polar surface area (TPSA) is 63.7 Å². The van der Waals surface area contributed by atoms with E-state index in [1.807, 2.05) is 65.6 Å². The summed E-state index contributed by atoms with van der Waals surface area (Å²) in [6.45, 7) is 1.29. The Balaban J connectivity index is 1.36. The number of benzene rings is 3. The van der Waals surface area contributed by atoms with Crippen molar-refractivity contribution in [2.45, 2.75) is 24.7 Å². The van der Waals surface area contributed by atoms with E-state index < -0.39 is 9.84 Å². The highest BCUT2D eigenvalue weighted by molar-refractivity contribution is 7.89. The molecular weight excluding hydrogens is 458 g/mol. The normalized spacial score (nSPS) is 14.8. The maximum atomic E-state index is 13.0. The first kappa shape index (κ1) is 23.3. The Hall–Kier alpha value is -2.83. The molecule has 33 heavy (non-hydrogen) atoms. The number of piperidine rings is 1. The van der Waals surface area contributed by atoms with E-state index in [0.29, 0.717) is 23.7 Å². The zero-order chi connectivity index (χ0) is 23.4. The van der Waals surface area contributed by atoms with Crippen LogP contribution in [-0.2, 0) is 15.6 Å². The van der Waals surface area contributed by atoms with E-state index in [1.165, 1.54) is 6.26 Å². The molecule has 0 bridgehead atoms. The molecule has 1 heterocycles. The standard InChI is InChI=1S/C26H26ClNO4S/c1-33(30,31)18-19-3-2-4-22(17-19)20-5-7-21(8-6-20)26(29)28-15-13-25(14-16-28)32-24-11-9-23(27)10-12-24/h2-12,17,25H,13-16,18H2,1H3. The lowest BCUT2D eigenvalue weighted by atomic mass is 10.0. The van der Waals surface area contributed by atoms with Gasteiger partial charge in [-0.2, -0.15) is 0 Å². The second kappa shape index (κ2) is 9.98. The highest BCUT2D eigenvalue weighted by atomic mass is 35.5. The number of likely N-dealkylation sites (tertiary alicyclic amines) is 1. The minimum absolute atomic E-state index is 0.00902. The number of hydrogen-bond acceptors (Lipinski definition) is 4. The first-order chi connectivity index (χ1) is 15.8. The van der Waals surface area contributed by atoms with Crippen LogP contribution < -0.4 is 4.74 Å². The van der Waals surface area contributed by atoms with Gasteiger partial charge in [0.25, 0.3) is 5.91 Å². The van der Waals surface area contributed by atoms with Crippen molar-refractivity contribution in [2.24, 2.45) is 0 Å². The largest absolute Gasteiger partial charge is 0.490 e. The molecule has 0 unspecified atom stereocenters. The summed E-state index contributed by atoms with van der Waals surface area (Å²) in [5.41, 5.74) is 3.26. The number of carbonyl (C=O) groups excluding carboxylic acids is 1. The van der Waals surface area contributed by atoms with Gasteiger partial charge in [-0.05, 0) is 53.1 Å². The van der Waals surface area contributed by atoms with Gasteiger partial charge in [0.2, 0.25) is 0 Å². The molecule has 0 radical (unpaired) electrons. The second-order valence-corrected chi connectivity index (χ2v) is 11.0. The average Bonchev–Trinajstić information content (AvgIpc) is 2.80. The van der Waals surface area contributed by atoms with Crippen LogP contribution in [-0.4, -0.2) is 44.7 Å². The van der Waals surface area contributed by atoms with Crippen molar-refractivity contribution in [2.75, 3.05) is 19.3 Å². The van der Waals surface area contributed by atoms with E-state index in [9.17, 15) is 13.2 Å². The van der Waals surface area contributed by atoms with Crippen molar-refractivity contribution in [3.63, 3.8) is 0 Å². The van der Waals surface area contributed by atoms with Crippen LogP contribution in [0.3, 0.4) is 0 Å². The molecule has 0 spiro atoms. The minimum atomic E-state index is -3.09. The molecule has 3 aromatic carbocycles. The molecule has 0 aliphatic carbocycles. The van der Waals surface area contributed by atoms with Gasteiger partial charge in [0.15, 0.2) is 9.84 Å². The smallest absolute Gasteiger partial charge is 0.253 e. The van der Waals surface area contributed by atoms with Crippen LogP contribution in [0.25, 0.3) is 11.1 Å². The summed E-state index contributed by atoms with van der Waals surface area (Å²) in [7, 11) is -3.09. The first-order valence-corrected chi connectivity index (χ1v) is 13.3. The summed E-state index contributed by atoms with van der Waals surface area (Å²) in [5, 5.41) is 0.676. The predicted octanol–water partition coefficient (Wildman–Crippen LogP) is 5.24. The second-order valence-electron chi connectivity index (χ2n) is 8.41. The van der Waals surface area contributed by atoms with Crippen LogP contribution in [0.4, 0.5) is 0 Å². The highest BCUT2D eigenvalue weighted by Gasteiger charge is 2.24. The predicted molar refractivity (Wildman–Crippen MR) is 131 cm³/mol. The SMILES string of the molecule is CS(=O)(=O)Cc1cccc(-c2ccc(C(=O)N3CCC(Oc4ccc(Cl)cc4)CC3)cc2)c1. The van der Waals surface area contributed by atoms with Crippen molar-refractivity contribution >= 4 is 27.3 Å². The molecule has 172 valence electrons. The molecule has 0 atom stereocenters. The average molecular weight is 484 g/mol. The number of ether oxygens (including phenoxy) is 1. The molecule has 3 aromatic rings. The molecule has 1 saturated heterocycles. The fraction of sp³-hybridized carbons (Fsp3) is 0.269. The van der Waals surface area contributed by atoms with Crippen LogP contribution >= 0.6 is 11.6 Å². The summed E-state index contributed by atoms with van der Waals surface area (Å²) in [6.07, 6.45) is 2.86. The van der Waals surface area contributed by atoms with Gasteiger partial charge in [-0.25, -0.2) is 8.42 Å². The summed E-state index contributed by atoms with van der Waals surface area (Å²) < 4.78 is 29.2. The lowest BCUT2D eigenvalue weighted by Gasteiger charge is -2.32. The molecular formula is C26H26ClNO4S. The molecule has 5 nitrogen and oxygen atoms in total. The third kappa shape index (κ3) is 6.36. The van der Waals surface area contributed by atoms with Gasteiger partial charge in [0.05, 0.1) is 5.75 Å². The van der Waals surface area contributed by atoms with Crippen molar-refractivity contribution in [1.82, 2.24) is 4.90 Å². The van der Waals surface area contributed by atoms with E-state index in [1.54, 1.807) is 12.1 Å². The van der Waals surface area contributed by atoms with E-state index in [-0.39, 0.29) is 17.8 Å². The number of sulfone groups is 1. The highest BCUT2D eigenvalue weighted by Crippen LogP contribution is 2.24. The Kier molecular flexibility index (Phi) is 7.05. The van der Waals surface area contributed by atoms with Gasteiger partial charge in [0, 0.05) is 42.8 Å². The van der Waals surface area contributed by atoms with Gasteiger partial charge in [-0.1, -0.05) is 48.0 Å². The van der Waals surface area contributed by atoms with Crippen molar-refractivity contribution < 1.29 is 17.9 Å². The van der Waals surface area contributed by atoms with E-state index in [0.717, 1.165) is 35.3 Å². The zero-order valence-electron chi connectivity index (χ0n) is 18.4. The van der Waals surface area contributed by atoms with E-state index in [2.05, 4.69) is 0 Å². The number of halogens is 1. The summed E-state index contributed by atoms with van der Waals surface area (Å²) >= 11 is 5.92. The van der Waals surface area contributed by atoms with Crippen LogP contribution in [0.15, 0.2) is 72.8 Å².